The van der Waals surface area contributed by atoms with Crippen LogP contribution in [0.1, 0.15) is 31.2 Å². The summed E-state index contributed by atoms with van der Waals surface area (Å²) < 4.78 is 53.7. The Kier molecular flexibility index (Phi) is 6.42. The van der Waals surface area contributed by atoms with Crippen molar-refractivity contribution in [1.82, 2.24) is 19.7 Å². The van der Waals surface area contributed by atoms with Crippen molar-refractivity contribution in [2.75, 3.05) is 31.6 Å². The fourth-order valence-electron chi connectivity index (χ4n) is 3.86. The van der Waals surface area contributed by atoms with Gasteiger partial charge in [0, 0.05) is 26.3 Å². The number of benzene rings is 1. The van der Waals surface area contributed by atoms with Gasteiger partial charge in [0.1, 0.15) is 12.7 Å². The van der Waals surface area contributed by atoms with Gasteiger partial charge in [0.25, 0.3) is 0 Å². The quantitative estimate of drug-likeness (QED) is 0.746. The number of amides is 2. The van der Waals surface area contributed by atoms with Crippen LogP contribution in [0.25, 0.3) is 5.69 Å². The van der Waals surface area contributed by atoms with Crippen LogP contribution in [0.15, 0.2) is 30.9 Å². The summed E-state index contributed by atoms with van der Waals surface area (Å²) in [7, 11) is 0. The van der Waals surface area contributed by atoms with Gasteiger partial charge in [0.2, 0.25) is 0 Å². The normalized spacial score (nSPS) is 21.4. The Morgan fingerprint density at radius 2 is 1.84 bits per heavy atom. The van der Waals surface area contributed by atoms with Crippen LogP contribution < -0.4 is 5.32 Å². The smallest absolute Gasteiger partial charge is 0.376 e. The lowest BCUT2D eigenvalue weighted by Gasteiger charge is -2.28. The number of aromatic nitrogens is 3. The minimum atomic E-state index is -4.66. The molecule has 31 heavy (non-hydrogen) atoms. The van der Waals surface area contributed by atoms with E-state index in [1.54, 1.807) is 0 Å². The molecule has 8 nitrogen and oxygen atoms in total. The van der Waals surface area contributed by atoms with Gasteiger partial charge in [-0.25, -0.2) is 14.5 Å². The highest BCUT2D eigenvalue weighted by Crippen LogP contribution is 2.36. The second kappa shape index (κ2) is 9.23. The minimum absolute atomic E-state index is 0.121. The zero-order valence-corrected chi connectivity index (χ0v) is 16.8. The highest BCUT2D eigenvalue weighted by Gasteiger charge is 2.35. The summed E-state index contributed by atoms with van der Waals surface area (Å²) in [4.78, 5) is 18.2. The summed E-state index contributed by atoms with van der Waals surface area (Å²) in [5.74, 6) is 0. The number of nitrogens with zero attached hydrogens (tertiary/aromatic N) is 4. The largest absolute Gasteiger partial charge is 0.418 e. The van der Waals surface area contributed by atoms with Crippen LogP contribution >= 0.6 is 0 Å². The van der Waals surface area contributed by atoms with E-state index in [9.17, 15) is 18.0 Å². The summed E-state index contributed by atoms with van der Waals surface area (Å²) in [5, 5.41) is 6.31. The van der Waals surface area contributed by atoms with Crippen molar-refractivity contribution < 1.29 is 27.4 Å². The van der Waals surface area contributed by atoms with Crippen LogP contribution in [0.2, 0.25) is 0 Å². The van der Waals surface area contributed by atoms with Crippen molar-refractivity contribution in [3.8, 4) is 5.69 Å². The van der Waals surface area contributed by atoms with E-state index in [0.29, 0.717) is 26.3 Å². The first-order valence-electron chi connectivity index (χ1n) is 10.3. The Labute approximate surface area is 177 Å². The lowest BCUT2D eigenvalue weighted by atomic mass is 10.1. The molecule has 2 aliphatic rings. The molecule has 2 aromatic rings. The van der Waals surface area contributed by atoms with E-state index < -0.39 is 17.8 Å². The molecular formula is C20H24F3N5O3. The summed E-state index contributed by atoms with van der Waals surface area (Å²) in [5.41, 5.74) is -1.08. The average Bonchev–Trinajstić information content (AvgIpc) is 3.50. The van der Waals surface area contributed by atoms with Crippen LogP contribution in [0.3, 0.4) is 0 Å². The van der Waals surface area contributed by atoms with E-state index in [4.69, 9.17) is 9.47 Å². The number of hydrogen-bond donors (Lipinski definition) is 1. The molecule has 2 saturated heterocycles. The van der Waals surface area contributed by atoms with E-state index in [1.807, 2.05) is 0 Å². The zero-order valence-electron chi connectivity index (χ0n) is 16.8. The van der Waals surface area contributed by atoms with E-state index >= 15 is 0 Å². The van der Waals surface area contributed by atoms with E-state index in [2.05, 4.69) is 15.4 Å². The summed E-state index contributed by atoms with van der Waals surface area (Å²) in [6, 6.07) is 3.01. The number of anilines is 1. The Morgan fingerprint density at radius 3 is 2.35 bits per heavy atom. The molecule has 2 amide bonds. The molecule has 1 N–H and O–H groups in total. The first-order valence-corrected chi connectivity index (χ1v) is 10.3. The van der Waals surface area contributed by atoms with E-state index in [-0.39, 0.29) is 23.6 Å². The van der Waals surface area contributed by atoms with Gasteiger partial charge in [0.15, 0.2) is 0 Å². The number of halogens is 3. The molecular weight excluding hydrogens is 415 g/mol. The first kappa shape index (κ1) is 21.6. The summed E-state index contributed by atoms with van der Waals surface area (Å²) in [6.07, 6.45) is 1.08. The van der Waals surface area contributed by atoms with E-state index in [1.165, 1.54) is 34.4 Å². The molecule has 0 saturated carbocycles. The van der Waals surface area contributed by atoms with Gasteiger partial charge in [-0.1, -0.05) is 0 Å². The highest BCUT2D eigenvalue weighted by molar-refractivity contribution is 5.90. The van der Waals surface area contributed by atoms with Crippen LogP contribution in [-0.4, -0.2) is 64.2 Å². The van der Waals surface area contributed by atoms with Crippen LogP contribution in [-0.2, 0) is 15.7 Å². The number of nitrogens with one attached hydrogen (secondary N) is 1. The fraction of sp³-hybridized carbons (Fsp3) is 0.550. The summed E-state index contributed by atoms with van der Waals surface area (Å²) >= 11 is 0. The number of rotatable bonds is 6. The van der Waals surface area contributed by atoms with Crippen molar-refractivity contribution in [3.05, 3.63) is 36.4 Å². The maximum Gasteiger partial charge on any atom is 0.418 e. The fourth-order valence-corrected chi connectivity index (χ4v) is 3.86. The predicted molar refractivity (Wildman–Crippen MR) is 105 cm³/mol. The monoisotopic (exact) mass is 439 g/mol. The average molecular weight is 439 g/mol. The SMILES string of the molecule is O=C(Nc1ccc(-n2cncn2)cc1C(F)(F)F)N(C[C@H]1CCCO1)C[C@H]1CCCO1. The third-order valence-electron chi connectivity index (χ3n) is 5.42. The number of alkyl halides is 3. The van der Waals surface area contributed by atoms with Crippen LogP contribution in [0.4, 0.5) is 23.7 Å². The molecule has 2 aliphatic heterocycles. The molecule has 0 radical (unpaired) electrons. The number of hydrogen-bond acceptors (Lipinski definition) is 5. The molecule has 0 aliphatic carbocycles. The van der Waals surface area contributed by atoms with Crippen LogP contribution in [0.5, 0.6) is 0 Å². The molecule has 0 bridgehead atoms. The molecule has 0 unspecified atom stereocenters. The Hall–Kier alpha value is -2.66. The second-order valence-corrected chi connectivity index (χ2v) is 7.67. The third-order valence-corrected chi connectivity index (χ3v) is 5.42. The Morgan fingerprint density at radius 1 is 1.16 bits per heavy atom. The molecule has 11 heteroatoms. The third kappa shape index (κ3) is 5.34. The van der Waals surface area contributed by atoms with E-state index in [0.717, 1.165) is 31.7 Å². The predicted octanol–water partition coefficient (Wildman–Crippen LogP) is 3.48. The molecule has 0 spiro atoms. The molecule has 2 atom stereocenters. The summed E-state index contributed by atoms with van der Waals surface area (Å²) in [6.45, 7) is 1.87. The van der Waals surface area contributed by atoms with Crippen molar-refractivity contribution in [1.29, 1.82) is 0 Å². The van der Waals surface area contributed by atoms with Crippen molar-refractivity contribution in [2.24, 2.45) is 0 Å². The number of carbonyl (C=O) groups is 1. The first-order chi connectivity index (χ1) is 14.9. The molecule has 2 fully saturated rings. The van der Waals surface area contributed by atoms with Gasteiger partial charge in [-0.2, -0.15) is 18.3 Å². The van der Waals surface area contributed by atoms with Crippen molar-refractivity contribution >= 4 is 11.7 Å². The van der Waals surface area contributed by atoms with Crippen LogP contribution in [0, 0.1) is 0 Å². The molecule has 4 rings (SSSR count). The lowest BCUT2D eigenvalue weighted by Crippen LogP contribution is -2.44. The van der Waals surface area contributed by atoms with Crippen molar-refractivity contribution in [3.63, 3.8) is 0 Å². The number of carbonyl (C=O) groups excluding carboxylic acids is 1. The number of urea groups is 1. The Bertz CT molecular complexity index is 861. The minimum Gasteiger partial charge on any atom is -0.376 e. The highest BCUT2D eigenvalue weighted by atomic mass is 19.4. The van der Waals surface area contributed by atoms with Gasteiger partial charge in [-0.3, -0.25) is 0 Å². The van der Waals surface area contributed by atoms with Gasteiger partial charge < -0.3 is 19.7 Å². The van der Waals surface area contributed by atoms with Gasteiger partial charge >= 0.3 is 12.2 Å². The molecule has 168 valence electrons. The molecule has 3 heterocycles. The second-order valence-electron chi connectivity index (χ2n) is 7.67. The zero-order chi connectivity index (χ0) is 21.8. The van der Waals surface area contributed by atoms with Crippen molar-refractivity contribution in [2.45, 2.75) is 44.1 Å². The lowest BCUT2D eigenvalue weighted by molar-refractivity contribution is -0.136. The molecule has 1 aromatic heterocycles. The maximum absolute atomic E-state index is 13.7. The van der Waals surface area contributed by atoms with Gasteiger partial charge in [0.05, 0.1) is 29.1 Å². The molecule has 1 aromatic carbocycles. The Balaban J connectivity index is 1.54. The van der Waals surface area contributed by atoms with Gasteiger partial charge in [-0.15, -0.1) is 0 Å². The number of ether oxygens (including phenoxy) is 2. The topological polar surface area (TPSA) is 81.5 Å². The maximum atomic E-state index is 13.7. The van der Waals surface area contributed by atoms with Gasteiger partial charge in [-0.05, 0) is 43.9 Å². The standard InChI is InChI=1S/C20H24F3N5O3/c21-20(22,23)17-9-14(28-13-24-12-25-28)5-6-18(17)26-19(29)27(10-15-3-1-7-30-15)11-16-4-2-8-31-16/h5-6,9,12-13,15-16H,1-4,7-8,10-11H2,(H,26,29)/t15-,16-/m1/s1.